The molecule has 4 nitrogen and oxygen atoms in total. The van der Waals surface area contributed by atoms with Crippen molar-refractivity contribution in [2.75, 3.05) is 6.54 Å². The Morgan fingerprint density at radius 2 is 2.05 bits per heavy atom. The molecule has 2 heterocycles. The first-order valence-electron chi connectivity index (χ1n) is 6.46. The van der Waals surface area contributed by atoms with Gasteiger partial charge in [-0.3, -0.25) is 0 Å². The summed E-state index contributed by atoms with van der Waals surface area (Å²) < 4.78 is 27.0. The summed E-state index contributed by atoms with van der Waals surface area (Å²) >= 11 is 5.93. The number of nitrogens with zero attached hydrogens (tertiary/aromatic N) is 2. The van der Waals surface area contributed by atoms with Gasteiger partial charge in [0.05, 0.1) is 0 Å². The van der Waals surface area contributed by atoms with Gasteiger partial charge in [-0.25, -0.2) is 13.4 Å². The van der Waals surface area contributed by atoms with Gasteiger partial charge in [-0.15, -0.1) is 0 Å². The lowest BCUT2D eigenvalue weighted by Gasteiger charge is -2.39. The average Bonchev–Trinajstić information content (AvgIpc) is 2.34. The van der Waals surface area contributed by atoms with Gasteiger partial charge in [0.25, 0.3) is 0 Å². The third kappa shape index (κ3) is 2.78. The Labute approximate surface area is 119 Å². The Morgan fingerprint density at radius 1 is 1.37 bits per heavy atom. The normalized spacial score (nSPS) is 29.4. The standard InChI is InChI=1S/C13H19ClN2O2S/c1-9-7-10(2)11(3)16(8-9)19(17,18)12-5-4-6-15-13(12)14/h4-6,9-11H,7-8H2,1-3H3. The summed E-state index contributed by atoms with van der Waals surface area (Å²) in [4.78, 5) is 3.96. The molecular formula is C13H19ClN2O2S. The first kappa shape index (κ1) is 14.8. The zero-order valence-electron chi connectivity index (χ0n) is 11.4. The van der Waals surface area contributed by atoms with Crippen LogP contribution >= 0.6 is 11.6 Å². The highest BCUT2D eigenvalue weighted by Gasteiger charge is 2.38. The lowest BCUT2D eigenvalue weighted by atomic mass is 9.88. The Kier molecular flexibility index (Phi) is 4.18. The lowest BCUT2D eigenvalue weighted by molar-refractivity contribution is 0.157. The van der Waals surface area contributed by atoms with E-state index in [1.807, 2.05) is 6.92 Å². The number of pyridine rings is 1. The topological polar surface area (TPSA) is 50.3 Å². The van der Waals surface area contributed by atoms with E-state index in [0.29, 0.717) is 18.4 Å². The van der Waals surface area contributed by atoms with Crippen molar-refractivity contribution in [3.05, 3.63) is 23.5 Å². The molecule has 3 unspecified atom stereocenters. The molecule has 1 aromatic heterocycles. The van der Waals surface area contributed by atoms with E-state index in [-0.39, 0.29) is 16.1 Å². The highest BCUT2D eigenvalue weighted by molar-refractivity contribution is 7.89. The van der Waals surface area contributed by atoms with Crippen LogP contribution in [0, 0.1) is 11.8 Å². The van der Waals surface area contributed by atoms with Gasteiger partial charge in [-0.1, -0.05) is 25.4 Å². The fourth-order valence-corrected chi connectivity index (χ4v) is 4.95. The summed E-state index contributed by atoms with van der Waals surface area (Å²) in [6.45, 7) is 6.67. The summed E-state index contributed by atoms with van der Waals surface area (Å²) in [6.07, 6.45) is 2.54. The number of hydrogen-bond acceptors (Lipinski definition) is 3. The van der Waals surface area contributed by atoms with E-state index in [2.05, 4.69) is 18.8 Å². The van der Waals surface area contributed by atoms with Crippen LogP contribution in [0.2, 0.25) is 5.15 Å². The van der Waals surface area contributed by atoms with Gasteiger partial charge < -0.3 is 0 Å². The molecule has 3 atom stereocenters. The average molecular weight is 303 g/mol. The molecule has 1 aliphatic heterocycles. The van der Waals surface area contributed by atoms with E-state index in [1.165, 1.54) is 12.3 Å². The fourth-order valence-electron chi connectivity index (χ4n) is 2.67. The molecule has 106 valence electrons. The SMILES string of the molecule is CC1CC(C)C(C)N(S(=O)(=O)c2cccnc2Cl)C1. The Balaban J connectivity index is 2.42. The van der Waals surface area contributed by atoms with Crippen molar-refractivity contribution in [2.24, 2.45) is 11.8 Å². The summed E-state index contributed by atoms with van der Waals surface area (Å²) in [6, 6.07) is 3.10. The third-order valence-electron chi connectivity index (χ3n) is 3.86. The van der Waals surface area contributed by atoms with Gasteiger partial charge >= 0.3 is 0 Å². The first-order valence-corrected chi connectivity index (χ1v) is 8.28. The highest BCUT2D eigenvalue weighted by Crippen LogP contribution is 2.33. The minimum Gasteiger partial charge on any atom is -0.243 e. The maximum absolute atomic E-state index is 12.7. The van der Waals surface area contributed by atoms with Crippen LogP contribution in [0.5, 0.6) is 0 Å². The quantitative estimate of drug-likeness (QED) is 0.789. The predicted molar refractivity (Wildman–Crippen MR) is 75.5 cm³/mol. The molecule has 1 fully saturated rings. The van der Waals surface area contributed by atoms with Crippen molar-refractivity contribution in [3.63, 3.8) is 0 Å². The van der Waals surface area contributed by atoms with Gasteiger partial charge in [0.2, 0.25) is 10.0 Å². The van der Waals surface area contributed by atoms with Gasteiger partial charge in [-0.2, -0.15) is 4.31 Å². The Hall–Kier alpha value is -0.650. The zero-order chi connectivity index (χ0) is 14.2. The first-order chi connectivity index (χ1) is 8.84. The molecule has 0 saturated carbocycles. The van der Waals surface area contributed by atoms with E-state index in [4.69, 9.17) is 11.6 Å². The largest absolute Gasteiger partial charge is 0.246 e. The van der Waals surface area contributed by atoms with Crippen LogP contribution in [0.25, 0.3) is 0 Å². The van der Waals surface area contributed by atoms with Gasteiger partial charge in [-0.05, 0) is 37.3 Å². The van der Waals surface area contributed by atoms with Crippen molar-refractivity contribution in [2.45, 2.75) is 38.1 Å². The maximum Gasteiger partial charge on any atom is 0.246 e. The minimum absolute atomic E-state index is 0.0162. The van der Waals surface area contributed by atoms with Gasteiger partial charge in [0, 0.05) is 18.8 Å². The van der Waals surface area contributed by atoms with E-state index >= 15 is 0 Å². The Morgan fingerprint density at radius 3 is 2.68 bits per heavy atom. The number of sulfonamides is 1. The van der Waals surface area contributed by atoms with Crippen LogP contribution in [0.3, 0.4) is 0 Å². The van der Waals surface area contributed by atoms with E-state index < -0.39 is 10.0 Å². The molecule has 0 N–H and O–H groups in total. The molecule has 0 amide bonds. The molecule has 0 aliphatic carbocycles. The Bertz CT molecular complexity index is 562. The molecule has 1 aliphatic rings. The predicted octanol–water partition coefficient (Wildman–Crippen LogP) is 2.79. The van der Waals surface area contributed by atoms with Crippen LogP contribution in [0.4, 0.5) is 0 Å². The molecule has 6 heteroatoms. The molecule has 1 saturated heterocycles. The second kappa shape index (κ2) is 5.38. The maximum atomic E-state index is 12.7. The molecule has 19 heavy (non-hydrogen) atoms. The highest BCUT2D eigenvalue weighted by atomic mass is 35.5. The van der Waals surface area contributed by atoms with Crippen LogP contribution in [0.15, 0.2) is 23.2 Å². The fraction of sp³-hybridized carbons (Fsp3) is 0.615. The van der Waals surface area contributed by atoms with Crippen LogP contribution in [-0.2, 0) is 10.0 Å². The van der Waals surface area contributed by atoms with Gasteiger partial charge in [0.1, 0.15) is 10.0 Å². The third-order valence-corrected chi connectivity index (χ3v) is 6.25. The minimum atomic E-state index is -3.57. The number of piperidine rings is 1. The van der Waals surface area contributed by atoms with E-state index in [0.717, 1.165) is 6.42 Å². The van der Waals surface area contributed by atoms with E-state index in [9.17, 15) is 8.42 Å². The van der Waals surface area contributed by atoms with Crippen molar-refractivity contribution in [3.8, 4) is 0 Å². The molecule has 0 bridgehead atoms. The van der Waals surface area contributed by atoms with Crippen molar-refractivity contribution < 1.29 is 8.42 Å². The zero-order valence-corrected chi connectivity index (χ0v) is 12.9. The molecule has 0 spiro atoms. The second-order valence-electron chi connectivity index (χ2n) is 5.43. The van der Waals surface area contributed by atoms with Crippen molar-refractivity contribution >= 4 is 21.6 Å². The number of halogens is 1. The lowest BCUT2D eigenvalue weighted by Crippen LogP contribution is -2.48. The summed E-state index contributed by atoms with van der Waals surface area (Å²) in [7, 11) is -3.57. The van der Waals surface area contributed by atoms with Crippen molar-refractivity contribution in [1.29, 1.82) is 0 Å². The number of aromatic nitrogens is 1. The molecule has 1 aromatic rings. The van der Waals surface area contributed by atoms with Crippen molar-refractivity contribution in [1.82, 2.24) is 9.29 Å². The number of rotatable bonds is 2. The van der Waals surface area contributed by atoms with Gasteiger partial charge in [0.15, 0.2) is 0 Å². The molecule has 0 aromatic carbocycles. The number of hydrogen-bond donors (Lipinski definition) is 0. The summed E-state index contributed by atoms with van der Waals surface area (Å²) in [5, 5.41) is 0.0422. The molecular weight excluding hydrogens is 284 g/mol. The van der Waals surface area contributed by atoms with Crippen LogP contribution in [-0.4, -0.2) is 30.3 Å². The molecule has 2 rings (SSSR count). The van der Waals surface area contributed by atoms with Crippen LogP contribution < -0.4 is 0 Å². The monoisotopic (exact) mass is 302 g/mol. The second-order valence-corrected chi connectivity index (χ2v) is 7.64. The summed E-state index contributed by atoms with van der Waals surface area (Å²) in [5.74, 6) is 0.699. The smallest absolute Gasteiger partial charge is 0.243 e. The molecule has 0 radical (unpaired) electrons. The summed E-state index contributed by atoms with van der Waals surface area (Å²) in [5.41, 5.74) is 0. The van der Waals surface area contributed by atoms with E-state index in [1.54, 1.807) is 10.4 Å². The van der Waals surface area contributed by atoms with Crippen LogP contribution in [0.1, 0.15) is 27.2 Å².